The molecule has 6 aromatic carbocycles. The van der Waals surface area contributed by atoms with Crippen LogP contribution in [0.4, 0.5) is 28.4 Å². The van der Waals surface area contributed by atoms with Gasteiger partial charge < -0.3 is 32.9 Å². The highest BCUT2D eigenvalue weighted by Crippen LogP contribution is 2.36. The average molecular weight is 1190 g/mol. The number of hydrogen-bond acceptors (Lipinski definition) is 18. The van der Waals surface area contributed by atoms with Crippen LogP contribution in [0.15, 0.2) is 129 Å². The molecule has 0 saturated carbocycles. The number of carbonyl (C=O) groups excluding carboxylic acids is 2. The number of hydrogen-bond donors (Lipinski definition) is 10. The summed E-state index contributed by atoms with van der Waals surface area (Å²) in [7, 11) is -24.8. The summed E-state index contributed by atoms with van der Waals surface area (Å²) in [6, 6.07) is 22.7. The van der Waals surface area contributed by atoms with Crippen molar-refractivity contribution in [3.63, 3.8) is 0 Å². The van der Waals surface area contributed by atoms with Gasteiger partial charge in [0, 0.05) is 56.8 Å². The molecule has 6 rings (SSSR count). The number of halogens is 2. The van der Waals surface area contributed by atoms with Crippen LogP contribution in [0.25, 0.3) is 10.8 Å². The lowest BCUT2D eigenvalue weighted by Gasteiger charge is -2.10. The molecule has 0 atom stereocenters. The van der Waals surface area contributed by atoms with Crippen LogP contribution in [0.1, 0.15) is 31.8 Å². The SMILES string of the molecule is Nc1cc(NC(=O)c2ccc(CS(=O)(=O)CCCl)cc2)ccc1S(=O)(=O)O.Nc1cc(NC(=O)c2ccc(CS(=O)(=O)CCCl)cc2)ccc1S(=O)(=O)O.Nc1ccc(S(=O)(=O)O)c2cc(S(=O)(=O)O)cc(O)c12. The molecular weight excluding hydrogens is 1140 g/mol. The van der Waals surface area contributed by atoms with Gasteiger partial charge in [0.15, 0.2) is 19.7 Å². The number of phenolic OH excluding ortho intramolecular Hbond substituents is 1. The van der Waals surface area contributed by atoms with Gasteiger partial charge >= 0.3 is 0 Å². The van der Waals surface area contributed by atoms with E-state index < -0.39 is 97.3 Å². The number of nitrogens with two attached hydrogens (primary N) is 3. The fraction of sp³-hybridized carbons (Fsp3) is 0.143. The molecule has 0 bridgehead atoms. The molecule has 400 valence electrons. The molecule has 0 aliphatic heterocycles. The Bertz CT molecular complexity index is 3640. The Balaban J connectivity index is 0.000000243. The summed E-state index contributed by atoms with van der Waals surface area (Å²) in [5, 5.41) is 14.4. The minimum absolute atomic E-state index is 0.0162. The predicted octanol–water partition coefficient (Wildman–Crippen LogP) is 4.46. The van der Waals surface area contributed by atoms with Gasteiger partial charge in [-0.25, -0.2) is 16.8 Å². The molecule has 13 N–H and O–H groups in total. The monoisotopic (exact) mass is 1180 g/mol. The molecule has 0 radical (unpaired) electrons. The Labute approximate surface area is 434 Å². The number of carbonyl (C=O) groups is 2. The second-order valence-corrected chi connectivity index (χ2v) is 26.0. The number of nitrogen functional groups attached to an aromatic ring is 3. The maximum absolute atomic E-state index is 12.3. The van der Waals surface area contributed by atoms with Gasteiger partial charge in [0.2, 0.25) is 0 Å². The molecule has 6 aromatic rings. The van der Waals surface area contributed by atoms with Crippen LogP contribution in [0.2, 0.25) is 0 Å². The molecule has 0 saturated heterocycles. The van der Waals surface area contributed by atoms with Gasteiger partial charge in [0.25, 0.3) is 52.3 Å². The van der Waals surface area contributed by atoms with Crippen molar-refractivity contribution in [1.82, 2.24) is 0 Å². The van der Waals surface area contributed by atoms with Crippen molar-refractivity contribution in [2.45, 2.75) is 31.1 Å². The summed E-state index contributed by atoms with van der Waals surface area (Å²) in [6.45, 7) is 0. The van der Waals surface area contributed by atoms with Crippen molar-refractivity contribution in [2.75, 3.05) is 51.1 Å². The largest absolute Gasteiger partial charge is 0.507 e. The van der Waals surface area contributed by atoms with Gasteiger partial charge in [0.05, 0.1) is 39.3 Å². The highest BCUT2D eigenvalue weighted by Gasteiger charge is 2.22. The summed E-state index contributed by atoms with van der Waals surface area (Å²) in [5.74, 6) is -2.20. The molecule has 0 aliphatic rings. The van der Waals surface area contributed by atoms with Crippen LogP contribution in [-0.2, 0) is 71.7 Å². The van der Waals surface area contributed by atoms with Gasteiger partial charge in [-0.1, -0.05) is 24.3 Å². The Kier molecular flexibility index (Phi) is 19.6. The molecule has 0 spiro atoms. The summed E-state index contributed by atoms with van der Waals surface area (Å²) < 4.78 is 172. The Morgan fingerprint density at radius 1 is 0.459 bits per heavy atom. The predicted molar refractivity (Wildman–Crippen MR) is 276 cm³/mol. The number of fused-ring (bicyclic) bond motifs is 1. The second kappa shape index (κ2) is 24.0. The van der Waals surface area contributed by atoms with Crippen LogP contribution in [-0.4, -0.2) is 109 Å². The molecule has 0 heterocycles. The number of phenols is 1. The minimum atomic E-state index is -4.67. The van der Waals surface area contributed by atoms with E-state index in [1.165, 1.54) is 72.8 Å². The lowest BCUT2D eigenvalue weighted by Crippen LogP contribution is -2.13. The highest BCUT2D eigenvalue weighted by atomic mass is 35.5. The quantitative estimate of drug-likeness (QED) is 0.0363. The zero-order valence-electron chi connectivity index (χ0n) is 37.5. The molecule has 24 nitrogen and oxygen atoms in total. The lowest BCUT2D eigenvalue weighted by atomic mass is 10.1. The van der Waals surface area contributed by atoms with E-state index in [9.17, 15) is 65.2 Å². The van der Waals surface area contributed by atoms with Gasteiger partial charge in [0.1, 0.15) is 20.4 Å². The molecule has 32 heteroatoms. The fourth-order valence-corrected chi connectivity index (χ4v) is 12.3. The van der Waals surface area contributed by atoms with Crippen molar-refractivity contribution in [3.8, 4) is 5.75 Å². The van der Waals surface area contributed by atoms with E-state index in [2.05, 4.69) is 10.6 Å². The molecule has 0 aliphatic carbocycles. The number of alkyl halides is 2. The summed E-state index contributed by atoms with van der Waals surface area (Å²) >= 11 is 10.9. The van der Waals surface area contributed by atoms with E-state index in [0.717, 1.165) is 36.4 Å². The first kappa shape index (κ1) is 60.4. The van der Waals surface area contributed by atoms with Crippen molar-refractivity contribution in [3.05, 3.63) is 131 Å². The van der Waals surface area contributed by atoms with E-state index >= 15 is 0 Å². The van der Waals surface area contributed by atoms with Gasteiger partial charge in [-0.2, -0.15) is 33.7 Å². The summed E-state index contributed by atoms with van der Waals surface area (Å²) in [6.07, 6.45) is 0. The lowest BCUT2D eigenvalue weighted by molar-refractivity contribution is 0.101. The highest BCUT2D eigenvalue weighted by molar-refractivity contribution is 7.91. The van der Waals surface area contributed by atoms with E-state index in [-0.39, 0.29) is 85.1 Å². The average Bonchev–Trinajstić information content (AvgIpc) is 3.25. The maximum Gasteiger partial charge on any atom is 0.296 e. The molecule has 0 fully saturated rings. The van der Waals surface area contributed by atoms with Gasteiger partial charge in [-0.15, -0.1) is 23.2 Å². The van der Waals surface area contributed by atoms with Crippen LogP contribution in [0.3, 0.4) is 0 Å². The number of benzene rings is 6. The summed E-state index contributed by atoms with van der Waals surface area (Å²) in [4.78, 5) is 22.2. The fourth-order valence-electron chi connectivity index (χ4n) is 6.33. The van der Waals surface area contributed by atoms with E-state index in [1.54, 1.807) is 0 Å². The number of nitrogens with one attached hydrogen (secondary N) is 2. The topological polar surface area (TPSA) is 442 Å². The minimum Gasteiger partial charge on any atom is -0.507 e. The Hall–Kier alpha value is -6.16. The third-order valence-electron chi connectivity index (χ3n) is 9.71. The number of amides is 2. The molecule has 74 heavy (non-hydrogen) atoms. The zero-order chi connectivity index (χ0) is 55.8. The van der Waals surface area contributed by atoms with Crippen LogP contribution in [0.5, 0.6) is 5.75 Å². The number of sulfone groups is 2. The second-order valence-electron chi connectivity index (χ2n) is 15.3. The van der Waals surface area contributed by atoms with Crippen molar-refractivity contribution < 1.29 is 83.4 Å². The number of aromatic hydroxyl groups is 1. The normalized spacial score (nSPS) is 12.1. The Morgan fingerprint density at radius 2 is 0.824 bits per heavy atom. The number of anilines is 5. The van der Waals surface area contributed by atoms with Crippen molar-refractivity contribution in [1.29, 1.82) is 0 Å². The summed E-state index contributed by atoms with van der Waals surface area (Å²) in [5.41, 5.74) is 18.3. The van der Waals surface area contributed by atoms with Crippen LogP contribution >= 0.6 is 23.2 Å². The zero-order valence-corrected chi connectivity index (χ0v) is 43.9. The molecule has 0 aromatic heterocycles. The third-order valence-corrected chi connectivity index (χ3v) is 17.3. The van der Waals surface area contributed by atoms with Gasteiger partial charge in [-0.05, 0) is 90.0 Å². The first-order valence-corrected chi connectivity index (χ1v) is 30.6. The van der Waals surface area contributed by atoms with Gasteiger partial charge in [-0.3, -0.25) is 27.8 Å². The van der Waals surface area contributed by atoms with E-state index in [0.29, 0.717) is 11.1 Å². The van der Waals surface area contributed by atoms with E-state index in [4.69, 9.17) is 58.6 Å². The van der Waals surface area contributed by atoms with Crippen molar-refractivity contribution in [2.24, 2.45) is 0 Å². The standard InChI is InChI=1S/2C16H17ClN2O6S2.C10H9NO7S2/c2*17-7-8-26(21,22)10-11-1-3-12(4-2-11)16(20)19-13-5-6-15(14(18)9-13)27(23,24)25;11-7-1-2-9(20(16,17)18)6-3-5(19(13,14)15)4-8(12)10(6)7/h2*1-6,9H,7-8,10,18H2,(H,19,20)(H,23,24,25);1-4,12H,11H2,(H,13,14,15)(H,16,17,18). The molecule has 0 unspecified atom stereocenters. The first-order chi connectivity index (χ1) is 34.0. The third kappa shape index (κ3) is 17.2. The van der Waals surface area contributed by atoms with Crippen LogP contribution < -0.4 is 27.8 Å². The first-order valence-electron chi connectivity index (χ1n) is 20.1. The Morgan fingerprint density at radius 3 is 1.15 bits per heavy atom. The van der Waals surface area contributed by atoms with Crippen molar-refractivity contribution >= 4 is 134 Å². The molecular formula is C42H43Cl2N5O19S6. The smallest absolute Gasteiger partial charge is 0.296 e. The molecule has 2 amide bonds. The maximum atomic E-state index is 12.3. The van der Waals surface area contributed by atoms with Crippen LogP contribution in [0, 0.1) is 0 Å². The number of rotatable bonds is 16. The van der Waals surface area contributed by atoms with E-state index in [1.807, 2.05) is 0 Å².